The zero-order valence-electron chi connectivity index (χ0n) is 9.13. The maximum Gasteiger partial charge on any atom is 0.0699 e. The van der Waals surface area contributed by atoms with Crippen LogP contribution < -0.4 is 11.1 Å². The molecule has 84 valence electrons. The van der Waals surface area contributed by atoms with E-state index in [-0.39, 0.29) is 0 Å². The molecular formula is C11H24N2O. The zero-order chi connectivity index (χ0) is 10.1. The molecule has 3 nitrogen and oxygen atoms in total. The second-order valence-corrected chi connectivity index (χ2v) is 4.04. The molecule has 1 saturated heterocycles. The Kier molecular flexibility index (Phi) is 7.01. The van der Waals surface area contributed by atoms with E-state index in [1.165, 1.54) is 32.1 Å². The van der Waals surface area contributed by atoms with Crippen LogP contribution in [0.25, 0.3) is 0 Å². The van der Waals surface area contributed by atoms with Crippen molar-refractivity contribution in [2.75, 3.05) is 26.2 Å². The highest BCUT2D eigenvalue weighted by Gasteiger charge is 2.12. The van der Waals surface area contributed by atoms with Gasteiger partial charge in [-0.2, -0.15) is 0 Å². The fourth-order valence-corrected chi connectivity index (χ4v) is 1.80. The minimum Gasteiger partial charge on any atom is -0.377 e. The summed E-state index contributed by atoms with van der Waals surface area (Å²) in [6.07, 6.45) is 7.92. The van der Waals surface area contributed by atoms with E-state index in [0.29, 0.717) is 6.10 Å². The maximum atomic E-state index is 5.62. The van der Waals surface area contributed by atoms with Crippen LogP contribution in [0.4, 0.5) is 0 Å². The molecule has 3 heteroatoms. The van der Waals surface area contributed by atoms with E-state index in [1.807, 2.05) is 0 Å². The second kappa shape index (κ2) is 8.21. The predicted octanol–water partition coefficient (Wildman–Crippen LogP) is 1.27. The van der Waals surface area contributed by atoms with Crippen LogP contribution in [0.3, 0.4) is 0 Å². The Hall–Kier alpha value is -0.120. The average molecular weight is 200 g/mol. The summed E-state index contributed by atoms with van der Waals surface area (Å²) in [5.74, 6) is 0. The van der Waals surface area contributed by atoms with Gasteiger partial charge in [0, 0.05) is 13.2 Å². The quantitative estimate of drug-likeness (QED) is 0.608. The van der Waals surface area contributed by atoms with E-state index >= 15 is 0 Å². The normalized spacial score (nSPS) is 22.5. The van der Waals surface area contributed by atoms with E-state index in [4.69, 9.17) is 10.5 Å². The number of nitrogens with one attached hydrogen (secondary N) is 1. The van der Waals surface area contributed by atoms with Crippen molar-refractivity contribution in [1.82, 2.24) is 5.32 Å². The molecule has 1 unspecified atom stereocenters. The molecule has 0 amide bonds. The largest absolute Gasteiger partial charge is 0.377 e. The third-order valence-electron chi connectivity index (χ3n) is 2.70. The SMILES string of the molecule is NCCCCCNCC1CCCCO1. The Morgan fingerprint density at radius 3 is 2.86 bits per heavy atom. The van der Waals surface area contributed by atoms with Crippen LogP contribution >= 0.6 is 0 Å². The Morgan fingerprint density at radius 2 is 2.14 bits per heavy atom. The van der Waals surface area contributed by atoms with Gasteiger partial charge in [0.1, 0.15) is 0 Å². The van der Waals surface area contributed by atoms with Crippen molar-refractivity contribution in [2.24, 2.45) is 5.73 Å². The standard InChI is InChI=1S/C11H24N2O/c12-7-3-1-4-8-13-10-11-6-2-5-9-14-11/h11,13H,1-10,12H2. The lowest BCUT2D eigenvalue weighted by molar-refractivity contribution is 0.0170. The van der Waals surface area contributed by atoms with Crippen LogP contribution in [0.15, 0.2) is 0 Å². The topological polar surface area (TPSA) is 47.3 Å². The monoisotopic (exact) mass is 200 g/mol. The van der Waals surface area contributed by atoms with E-state index in [1.54, 1.807) is 0 Å². The molecule has 1 fully saturated rings. The first-order valence-corrected chi connectivity index (χ1v) is 5.96. The summed E-state index contributed by atoms with van der Waals surface area (Å²) in [7, 11) is 0. The van der Waals surface area contributed by atoms with Crippen molar-refractivity contribution in [3.05, 3.63) is 0 Å². The van der Waals surface area contributed by atoms with Crippen LogP contribution in [0, 0.1) is 0 Å². The first kappa shape index (κ1) is 12.0. The van der Waals surface area contributed by atoms with Crippen molar-refractivity contribution in [1.29, 1.82) is 0 Å². The fraction of sp³-hybridized carbons (Fsp3) is 1.00. The summed E-state index contributed by atoms with van der Waals surface area (Å²) < 4.78 is 5.62. The molecule has 0 aromatic rings. The third kappa shape index (κ3) is 5.58. The lowest BCUT2D eigenvalue weighted by Gasteiger charge is -2.22. The average Bonchev–Trinajstić information content (AvgIpc) is 2.25. The van der Waals surface area contributed by atoms with Gasteiger partial charge in [0.05, 0.1) is 6.10 Å². The Balaban J connectivity index is 1.82. The summed E-state index contributed by atoms with van der Waals surface area (Å²) in [5.41, 5.74) is 5.42. The molecule has 1 aliphatic heterocycles. The Bertz CT molecular complexity index is 124. The van der Waals surface area contributed by atoms with Crippen LogP contribution in [0.2, 0.25) is 0 Å². The summed E-state index contributed by atoms with van der Waals surface area (Å²) >= 11 is 0. The minimum atomic E-state index is 0.471. The number of hydrogen-bond acceptors (Lipinski definition) is 3. The van der Waals surface area contributed by atoms with E-state index < -0.39 is 0 Å². The molecule has 0 bridgehead atoms. The molecule has 1 heterocycles. The third-order valence-corrected chi connectivity index (χ3v) is 2.70. The first-order chi connectivity index (χ1) is 6.93. The van der Waals surface area contributed by atoms with Crippen molar-refractivity contribution in [3.63, 3.8) is 0 Å². The molecule has 0 aliphatic carbocycles. The van der Waals surface area contributed by atoms with Crippen LogP contribution in [-0.4, -0.2) is 32.3 Å². The van der Waals surface area contributed by atoms with Gasteiger partial charge in [0.15, 0.2) is 0 Å². The van der Waals surface area contributed by atoms with Gasteiger partial charge < -0.3 is 15.8 Å². The lowest BCUT2D eigenvalue weighted by Crippen LogP contribution is -2.32. The number of nitrogens with two attached hydrogens (primary N) is 1. The van der Waals surface area contributed by atoms with Crippen molar-refractivity contribution >= 4 is 0 Å². The first-order valence-electron chi connectivity index (χ1n) is 5.96. The summed E-state index contributed by atoms with van der Waals surface area (Å²) in [6, 6.07) is 0. The molecule has 0 spiro atoms. The highest BCUT2D eigenvalue weighted by Crippen LogP contribution is 2.11. The highest BCUT2D eigenvalue weighted by molar-refractivity contribution is 4.66. The molecule has 1 rings (SSSR count). The molecule has 0 radical (unpaired) electrons. The van der Waals surface area contributed by atoms with E-state index in [9.17, 15) is 0 Å². The van der Waals surface area contributed by atoms with Gasteiger partial charge in [-0.05, 0) is 45.2 Å². The molecule has 0 aromatic carbocycles. The van der Waals surface area contributed by atoms with Crippen LogP contribution in [0.5, 0.6) is 0 Å². The Labute approximate surface area is 87.4 Å². The molecule has 3 N–H and O–H groups in total. The van der Waals surface area contributed by atoms with Crippen molar-refractivity contribution < 1.29 is 4.74 Å². The van der Waals surface area contributed by atoms with Gasteiger partial charge in [-0.1, -0.05) is 6.42 Å². The fourth-order valence-electron chi connectivity index (χ4n) is 1.80. The number of hydrogen-bond donors (Lipinski definition) is 2. The minimum absolute atomic E-state index is 0.471. The molecule has 14 heavy (non-hydrogen) atoms. The summed E-state index contributed by atoms with van der Waals surface area (Å²) in [5, 5.41) is 3.45. The predicted molar refractivity (Wildman–Crippen MR) is 59.4 cm³/mol. The smallest absolute Gasteiger partial charge is 0.0699 e. The number of unbranched alkanes of at least 4 members (excludes halogenated alkanes) is 2. The number of rotatable bonds is 7. The van der Waals surface area contributed by atoms with E-state index in [0.717, 1.165) is 32.7 Å². The van der Waals surface area contributed by atoms with E-state index in [2.05, 4.69) is 5.32 Å². The zero-order valence-corrected chi connectivity index (χ0v) is 9.13. The second-order valence-electron chi connectivity index (χ2n) is 4.04. The molecule has 0 saturated carbocycles. The van der Waals surface area contributed by atoms with Gasteiger partial charge >= 0.3 is 0 Å². The van der Waals surface area contributed by atoms with Gasteiger partial charge in [0.2, 0.25) is 0 Å². The maximum absolute atomic E-state index is 5.62. The van der Waals surface area contributed by atoms with Gasteiger partial charge in [-0.25, -0.2) is 0 Å². The van der Waals surface area contributed by atoms with Gasteiger partial charge in [-0.3, -0.25) is 0 Å². The highest BCUT2D eigenvalue weighted by atomic mass is 16.5. The van der Waals surface area contributed by atoms with Crippen LogP contribution in [0.1, 0.15) is 38.5 Å². The van der Waals surface area contributed by atoms with Crippen LogP contribution in [-0.2, 0) is 4.74 Å². The molecule has 1 atom stereocenters. The molecule has 0 aromatic heterocycles. The van der Waals surface area contributed by atoms with Crippen molar-refractivity contribution in [3.8, 4) is 0 Å². The summed E-state index contributed by atoms with van der Waals surface area (Å²) in [4.78, 5) is 0. The molecular weight excluding hydrogens is 176 g/mol. The Morgan fingerprint density at radius 1 is 1.21 bits per heavy atom. The van der Waals surface area contributed by atoms with Crippen molar-refractivity contribution in [2.45, 2.75) is 44.6 Å². The lowest BCUT2D eigenvalue weighted by atomic mass is 10.1. The van der Waals surface area contributed by atoms with Gasteiger partial charge in [-0.15, -0.1) is 0 Å². The van der Waals surface area contributed by atoms with Gasteiger partial charge in [0.25, 0.3) is 0 Å². The molecule has 1 aliphatic rings. The number of ether oxygens (including phenoxy) is 1. The summed E-state index contributed by atoms with van der Waals surface area (Å²) in [6.45, 7) is 3.92.